The Morgan fingerprint density at radius 2 is 1.71 bits per heavy atom. The first kappa shape index (κ1) is 18.6. The third kappa shape index (κ3) is 4.44. The van der Waals surface area contributed by atoms with Crippen molar-refractivity contribution < 1.29 is 13.5 Å². The van der Waals surface area contributed by atoms with Gasteiger partial charge >= 0.3 is 0 Å². The van der Waals surface area contributed by atoms with E-state index in [0.717, 1.165) is 0 Å². The van der Waals surface area contributed by atoms with Gasteiger partial charge < -0.3 is 10.4 Å². The van der Waals surface area contributed by atoms with Crippen LogP contribution in [0.25, 0.3) is 0 Å². The van der Waals surface area contributed by atoms with Crippen LogP contribution in [0.1, 0.15) is 36.6 Å². The van der Waals surface area contributed by atoms with Gasteiger partial charge in [-0.1, -0.05) is 36.4 Å². The summed E-state index contributed by atoms with van der Waals surface area (Å²) in [7, 11) is -3.23. The van der Waals surface area contributed by atoms with E-state index in [2.05, 4.69) is 31.3 Å². The van der Waals surface area contributed by atoms with E-state index in [1.807, 2.05) is 12.1 Å². The highest BCUT2D eigenvalue weighted by atomic mass is 32.2. The minimum atomic E-state index is -3.23. The molecule has 0 fully saturated rings. The van der Waals surface area contributed by atoms with Crippen molar-refractivity contribution in [1.29, 1.82) is 0 Å². The van der Waals surface area contributed by atoms with Crippen molar-refractivity contribution in [2.24, 2.45) is 0 Å². The number of sulfone groups is 1. The van der Waals surface area contributed by atoms with Gasteiger partial charge in [0.15, 0.2) is 9.84 Å². The van der Waals surface area contributed by atoms with E-state index in [1.54, 1.807) is 19.1 Å². The van der Waals surface area contributed by atoms with Crippen molar-refractivity contribution in [1.82, 2.24) is 5.32 Å². The van der Waals surface area contributed by atoms with Crippen LogP contribution in [0.2, 0.25) is 0 Å². The largest absolute Gasteiger partial charge is 0.384 e. The molecule has 0 bridgehead atoms. The number of hydrogen-bond donors (Lipinski definition) is 2. The number of hydrogen-bond acceptors (Lipinski definition) is 4. The highest BCUT2D eigenvalue weighted by Crippen LogP contribution is 2.24. The molecule has 4 nitrogen and oxygen atoms in total. The second-order valence-electron chi connectivity index (χ2n) is 6.53. The minimum Gasteiger partial charge on any atom is -0.384 e. The predicted octanol–water partition coefficient (Wildman–Crippen LogP) is 2.96. The molecule has 0 saturated heterocycles. The molecule has 0 amide bonds. The first-order chi connectivity index (χ1) is 11.1. The van der Waals surface area contributed by atoms with Crippen molar-refractivity contribution in [3.63, 3.8) is 0 Å². The summed E-state index contributed by atoms with van der Waals surface area (Å²) in [5.74, 6) is 0. The van der Waals surface area contributed by atoms with Gasteiger partial charge in [-0.25, -0.2) is 8.42 Å². The van der Waals surface area contributed by atoms with Gasteiger partial charge in [0.25, 0.3) is 0 Å². The number of benzene rings is 2. The summed E-state index contributed by atoms with van der Waals surface area (Å²) in [5, 5.41) is 14.1. The Hall–Kier alpha value is -1.69. The first-order valence-corrected chi connectivity index (χ1v) is 9.82. The highest BCUT2D eigenvalue weighted by molar-refractivity contribution is 7.90. The second kappa shape index (κ2) is 7.05. The van der Waals surface area contributed by atoms with Crippen LogP contribution in [0, 0.1) is 6.92 Å². The van der Waals surface area contributed by atoms with Crippen LogP contribution in [0.15, 0.2) is 53.4 Å². The lowest BCUT2D eigenvalue weighted by molar-refractivity contribution is 0.0543. The summed E-state index contributed by atoms with van der Waals surface area (Å²) in [4.78, 5) is 0.253. The molecule has 130 valence electrons. The average molecular weight is 347 g/mol. The number of nitrogens with one attached hydrogen (secondary N) is 1. The van der Waals surface area contributed by atoms with Crippen LogP contribution in [-0.2, 0) is 15.4 Å². The lowest BCUT2D eigenvalue weighted by atomic mass is 9.95. The smallest absolute Gasteiger partial charge is 0.175 e. The van der Waals surface area contributed by atoms with Gasteiger partial charge in [0.2, 0.25) is 0 Å². The van der Waals surface area contributed by atoms with Gasteiger partial charge in [-0.05, 0) is 49.6 Å². The Labute approximate surface area is 144 Å². The fourth-order valence-corrected chi connectivity index (χ4v) is 3.33. The van der Waals surface area contributed by atoms with E-state index in [4.69, 9.17) is 0 Å². The molecular weight excluding hydrogens is 322 g/mol. The van der Waals surface area contributed by atoms with E-state index in [-0.39, 0.29) is 10.9 Å². The molecule has 0 radical (unpaired) electrons. The molecule has 2 atom stereocenters. The zero-order valence-electron chi connectivity index (χ0n) is 14.6. The van der Waals surface area contributed by atoms with Gasteiger partial charge in [0, 0.05) is 18.8 Å². The van der Waals surface area contributed by atoms with Gasteiger partial charge in [0.05, 0.1) is 10.5 Å². The average Bonchev–Trinajstić information content (AvgIpc) is 2.52. The molecule has 0 spiro atoms. The van der Waals surface area contributed by atoms with Gasteiger partial charge in [-0.2, -0.15) is 0 Å². The molecule has 0 unspecified atom stereocenters. The standard InChI is InChI=1S/C19H25NO3S/c1-14-7-5-6-8-18(14)15(2)20-13-19(3,21)16-9-11-17(12-10-16)24(4,22)23/h5-12,15,20-21H,13H2,1-4H3/t15-,19-/m0/s1. The van der Waals surface area contributed by atoms with E-state index in [1.165, 1.54) is 29.5 Å². The van der Waals surface area contributed by atoms with E-state index >= 15 is 0 Å². The molecular formula is C19H25NO3S. The summed E-state index contributed by atoms with van der Waals surface area (Å²) < 4.78 is 23.0. The Bertz CT molecular complexity index is 796. The molecule has 0 aromatic heterocycles. The second-order valence-corrected chi connectivity index (χ2v) is 8.55. The lowest BCUT2D eigenvalue weighted by Crippen LogP contribution is -2.36. The van der Waals surface area contributed by atoms with Crippen LogP contribution >= 0.6 is 0 Å². The molecule has 2 N–H and O–H groups in total. The van der Waals surface area contributed by atoms with E-state index in [9.17, 15) is 13.5 Å². The fraction of sp³-hybridized carbons (Fsp3) is 0.368. The third-order valence-corrected chi connectivity index (χ3v) is 5.44. The number of aryl methyl sites for hydroxylation is 1. The van der Waals surface area contributed by atoms with Crippen LogP contribution in [0.3, 0.4) is 0 Å². The number of rotatable bonds is 6. The maximum absolute atomic E-state index is 11.5. The maximum Gasteiger partial charge on any atom is 0.175 e. The maximum atomic E-state index is 11.5. The zero-order chi connectivity index (χ0) is 18.0. The van der Waals surface area contributed by atoms with Crippen LogP contribution in [0.4, 0.5) is 0 Å². The van der Waals surface area contributed by atoms with Crippen molar-refractivity contribution in [3.8, 4) is 0 Å². The van der Waals surface area contributed by atoms with Gasteiger partial charge in [-0.15, -0.1) is 0 Å². The van der Waals surface area contributed by atoms with Crippen molar-refractivity contribution in [2.75, 3.05) is 12.8 Å². The summed E-state index contributed by atoms with van der Waals surface area (Å²) >= 11 is 0. The van der Waals surface area contributed by atoms with Gasteiger partial charge in [0.1, 0.15) is 0 Å². The van der Waals surface area contributed by atoms with Crippen LogP contribution in [-0.4, -0.2) is 26.3 Å². The summed E-state index contributed by atoms with van der Waals surface area (Å²) in [6.07, 6.45) is 1.17. The topological polar surface area (TPSA) is 66.4 Å². The molecule has 0 heterocycles. The SMILES string of the molecule is Cc1ccccc1[C@H](C)NC[C@](C)(O)c1ccc(S(C)(=O)=O)cc1. The molecule has 2 aromatic rings. The molecule has 2 rings (SSSR count). The van der Waals surface area contributed by atoms with Gasteiger partial charge in [-0.3, -0.25) is 0 Å². The zero-order valence-corrected chi connectivity index (χ0v) is 15.4. The van der Waals surface area contributed by atoms with Crippen molar-refractivity contribution in [2.45, 2.75) is 37.3 Å². The lowest BCUT2D eigenvalue weighted by Gasteiger charge is -2.27. The highest BCUT2D eigenvalue weighted by Gasteiger charge is 2.24. The Morgan fingerprint density at radius 3 is 2.25 bits per heavy atom. The molecule has 0 aliphatic heterocycles. The summed E-state index contributed by atoms with van der Waals surface area (Å²) in [5.41, 5.74) is 1.99. The predicted molar refractivity (Wildman–Crippen MR) is 96.7 cm³/mol. The van der Waals surface area contributed by atoms with Crippen molar-refractivity contribution in [3.05, 3.63) is 65.2 Å². The Morgan fingerprint density at radius 1 is 1.12 bits per heavy atom. The Kier molecular flexibility index (Phi) is 5.48. The van der Waals surface area contributed by atoms with Crippen LogP contribution in [0.5, 0.6) is 0 Å². The molecule has 24 heavy (non-hydrogen) atoms. The molecule has 5 heteroatoms. The molecule has 0 saturated carbocycles. The minimum absolute atomic E-state index is 0.105. The molecule has 2 aromatic carbocycles. The van der Waals surface area contributed by atoms with E-state index < -0.39 is 15.4 Å². The first-order valence-electron chi connectivity index (χ1n) is 7.93. The van der Waals surface area contributed by atoms with Crippen molar-refractivity contribution >= 4 is 9.84 Å². The Balaban J connectivity index is 2.09. The monoisotopic (exact) mass is 347 g/mol. The quantitative estimate of drug-likeness (QED) is 0.843. The summed E-state index contributed by atoms with van der Waals surface area (Å²) in [6, 6.07) is 14.6. The molecule has 0 aliphatic carbocycles. The third-order valence-electron chi connectivity index (χ3n) is 4.31. The molecule has 0 aliphatic rings. The summed E-state index contributed by atoms with van der Waals surface area (Å²) in [6.45, 7) is 6.21. The fourth-order valence-electron chi connectivity index (χ4n) is 2.70. The van der Waals surface area contributed by atoms with E-state index in [0.29, 0.717) is 12.1 Å². The number of aliphatic hydroxyl groups is 1. The normalized spacial score (nSPS) is 15.7. The van der Waals surface area contributed by atoms with Crippen LogP contribution < -0.4 is 5.32 Å².